The second-order valence-electron chi connectivity index (χ2n) is 7.04. The summed E-state index contributed by atoms with van der Waals surface area (Å²) in [5.41, 5.74) is 5.57. The van der Waals surface area contributed by atoms with E-state index in [0.29, 0.717) is 5.88 Å². The van der Waals surface area contributed by atoms with Crippen molar-refractivity contribution in [2.24, 2.45) is 0 Å². The first kappa shape index (κ1) is 21.2. The zero-order valence-electron chi connectivity index (χ0n) is 17.6. The van der Waals surface area contributed by atoms with E-state index in [4.69, 9.17) is 4.74 Å². The van der Waals surface area contributed by atoms with Gasteiger partial charge in [-0.1, -0.05) is 42.5 Å². The van der Waals surface area contributed by atoms with Crippen molar-refractivity contribution in [3.63, 3.8) is 0 Å². The summed E-state index contributed by atoms with van der Waals surface area (Å²) < 4.78 is 5.74. The lowest BCUT2D eigenvalue weighted by molar-refractivity contribution is 0.409. The molecule has 0 aliphatic heterocycles. The van der Waals surface area contributed by atoms with E-state index in [1.165, 1.54) is 5.56 Å². The van der Waals surface area contributed by atoms with Gasteiger partial charge in [0.1, 0.15) is 5.76 Å². The fraction of sp³-hybridized carbons (Fsp3) is 0.208. The molecule has 0 radical (unpaired) electrons. The zero-order valence-corrected chi connectivity index (χ0v) is 17.6. The van der Waals surface area contributed by atoms with Crippen molar-refractivity contribution in [1.29, 1.82) is 0 Å². The monoisotopic (exact) mass is 401 g/mol. The Bertz CT molecular complexity index is 1010. The number of rotatable bonds is 9. The van der Waals surface area contributed by atoms with Crippen LogP contribution in [0.2, 0.25) is 0 Å². The van der Waals surface area contributed by atoms with Crippen molar-refractivity contribution in [2.45, 2.75) is 19.8 Å². The Balaban J connectivity index is 1.85. The van der Waals surface area contributed by atoms with E-state index in [-0.39, 0.29) is 5.92 Å². The summed E-state index contributed by atoms with van der Waals surface area (Å²) in [6, 6.07) is 8.57. The molecule has 0 aliphatic rings. The number of aromatic amines is 1. The van der Waals surface area contributed by atoms with Gasteiger partial charge in [-0.05, 0) is 43.7 Å². The zero-order chi connectivity index (χ0) is 21.3. The van der Waals surface area contributed by atoms with Crippen molar-refractivity contribution < 1.29 is 4.74 Å². The Hall–Kier alpha value is -3.51. The van der Waals surface area contributed by atoms with Gasteiger partial charge >= 0.3 is 0 Å². The Morgan fingerprint density at radius 1 is 1.13 bits per heavy atom. The highest BCUT2D eigenvalue weighted by Crippen LogP contribution is 2.30. The number of likely N-dealkylation sites (N-methyl/N-ethyl adjacent to an activating group) is 1. The van der Waals surface area contributed by atoms with Gasteiger partial charge in [0.15, 0.2) is 0 Å². The molecular formula is C24H27N5O. The number of allylic oxidation sites excluding steroid dienone is 4. The number of nitrogens with one attached hydrogen (secondary N) is 2. The minimum atomic E-state index is 0.159. The minimum Gasteiger partial charge on any atom is -0.442 e. The number of nitrogens with zero attached hydrogens (tertiary/aromatic N) is 3. The SMILES string of the molecule is C=C(C)/C(=C\C=C(/C)Oc1cnccn1)C(CNC)c1ccc(-c2cn[nH]c2)cc1. The Kier molecular flexibility index (Phi) is 7.29. The molecule has 0 saturated heterocycles. The molecule has 6 nitrogen and oxygen atoms in total. The number of ether oxygens (including phenoxy) is 1. The maximum atomic E-state index is 5.74. The fourth-order valence-electron chi connectivity index (χ4n) is 3.23. The summed E-state index contributed by atoms with van der Waals surface area (Å²) in [5, 5.41) is 10.2. The Labute approximate surface area is 177 Å². The quantitative estimate of drug-likeness (QED) is 0.403. The molecule has 154 valence electrons. The highest BCUT2D eigenvalue weighted by molar-refractivity contribution is 5.62. The molecule has 0 saturated carbocycles. The normalized spacial score (nSPS) is 13.2. The van der Waals surface area contributed by atoms with E-state index in [1.807, 2.05) is 39.4 Å². The molecular weight excluding hydrogens is 374 g/mol. The average Bonchev–Trinajstić information content (AvgIpc) is 3.29. The minimum absolute atomic E-state index is 0.159. The lowest BCUT2D eigenvalue weighted by Gasteiger charge is -2.21. The number of hydrogen-bond acceptors (Lipinski definition) is 5. The lowest BCUT2D eigenvalue weighted by Crippen LogP contribution is -2.19. The summed E-state index contributed by atoms with van der Waals surface area (Å²) in [4.78, 5) is 8.16. The molecule has 0 fully saturated rings. The predicted molar refractivity (Wildman–Crippen MR) is 120 cm³/mol. The first-order valence-corrected chi connectivity index (χ1v) is 9.80. The van der Waals surface area contributed by atoms with Gasteiger partial charge in [-0.15, -0.1) is 0 Å². The first-order chi connectivity index (χ1) is 14.6. The van der Waals surface area contributed by atoms with Crippen molar-refractivity contribution in [2.75, 3.05) is 13.6 Å². The molecule has 0 amide bonds. The highest BCUT2D eigenvalue weighted by atomic mass is 16.5. The van der Waals surface area contributed by atoms with Gasteiger partial charge in [-0.3, -0.25) is 10.1 Å². The Morgan fingerprint density at radius 3 is 2.53 bits per heavy atom. The molecule has 1 atom stereocenters. The molecule has 2 heterocycles. The molecule has 30 heavy (non-hydrogen) atoms. The lowest BCUT2D eigenvalue weighted by atomic mass is 9.86. The van der Waals surface area contributed by atoms with E-state index in [2.05, 4.69) is 62.4 Å². The summed E-state index contributed by atoms with van der Waals surface area (Å²) in [7, 11) is 1.96. The third-order valence-corrected chi connectivity index (χ3v) is 4.72. The number of H-pyrrole nitrogens is 1. The van der Waals surface area contributed by atoms with Crippen LogP contribution in [-0.2, 0) is 0 Å². The molecule has 1 aromatic carbocycles. The molecule has 1 unspecified atom stereocenters. The van der Waals surface area contributed by atoms with Crippen LogP contribution < -0.4 is 10.1 Å². The molecule has 2 N–H and O–H groups in total. The third kappa shape index (κ3) is 5.52. The largest absolute Gasteiger partial charge is 0.442 e. The molecule has 3 rings (SSSR count). The second-order valence-corrected chi connectivity index (χ2v) is 7.04. The molecule has 3 aromatic rings. The third-order valence-electron chi connectivity index (χ3n) is 4.72. The van der Waals surface area contributed by atoms with E-state index >= 15 is 0 Å². The number of aromatic nitrogens is 4. The first-order valence-electron chi connectivity index (χ1n) is 9.80. The van der Waals surface area contributed by atoms with Gasteiger partial charge in [0.05, 0.1) is 12.4 Å². The van der Waals surface area contributed by atoms with Gasteiger partial charge in [-0.25, -0.2) is 4.98 Å². The molecule has 2 aromatic heterocycles. The number of benzene rings is 1. The van der Waals surface area contributed by atoms with Crippen molar-refractivity contribution in [1.82, 2.24) is 25.5 Å². The summed E-state index contributed by atoms with van der Waals surface area (Å²) in [6.45, 7) is 8.92. The van der Waals surface area contributed by atoms with E-state index in [0.717, 1.165) is 34.6 Å². The highest BCUT2D eigenvalue weighted by Gasteiger charge is 2.17. The average molecular weight is 402 g/mol. The van der Waals surface area contributed by atoms with Gasteiger partial charge in [0.25, 0.3) is 0 Å². The summed E-state index contributed by atoms with van der Waals surface area (Å²) in [5.74, 6) is 1.36. The smallest absolute Gasteiger partial charge is 0.237 e. The van der Waals surface area contributed by atoms with Crippen LogP contribution in [0.3, 0.4) is 0 Å². The van der Waals surface area contributed by atoms with Gasteiger partial charge in [-0.2, -0.15) is 5.10 Å². The van der Waals surface area contributed by atoms with Gasteiger partial charge < -0.3 is 10.1 Å². The van der Waals surface area contributed by atoms with Crippen molar-refractivity contribution in [3.8, 4) is 17.0 Å². The predicted octanol–water partition coefficient (Wildman–Crippen LogP) is 4.66. The van der Waals surface area contributed by atoms with Crippen LogP contribution in [0, 0.1) is 0 Å². The topological polar surface area (TPSA) is 75.7 Å². The molecule has 0 spiro atoms. The van der Waals surface area contributed by atoms with Crippen LogP contribution in [0.5, 0.6) is 5.88 Å². The fourth-order valence-corrected chi connectivity index (χ4v) is 3.23. The molecule has 0 aliphatic carbocycles. The van der Waals surface area contributed by atoms with Crippen LogP contribution in [0.4, 0.5) is 0 Å². The summed E-state index contributed by atoms with van der Waals surface area (Å²) >= 11 is 0. The maximum absolute atomic E-state index is 5.74. The van der Waals surface area contributed by atoms with Crippen LogP contribution in [0.25, 0.3) is 11.1 Å². The van der Waals surface area contributed by atoms with Crippen molar-refractivity contribution >= 4 is 0 Å². The Morgan fingerprint density at radius 2 is 1.93 bits per heavy atom. The van der Waals surface area contributed by atoms with Gasteiger partial charge in [0.2, 0.25) is 5.88 Å². The standard InChI is InChI=1S/C24H27N5O/c1-17(2)22(10-5-18(3)30-24-16-26-11-12-27-24)23(15-25-4)20-8-6-19(7-9-20)21-13-28-29-14-21/h5-14,16,23,25H,1,15H2,2-4H3,(H,28,29)/b18-5+,22-10+. The second kappa shape index (κ2) is 10.3. The molecule has 6 heteroatoms. The van der Waals surface area contributed by atoms with E-state index < -0.39 is 0 Å². The van der Waals surface area contributed by atoms with E-state index in [9.17, 15) is 0 Å². The maximum Gasteiger partial charge on any atom is 0.237 e. The molecule has 0 bridgehead atoms. The van der Waals surface area contributed by atoms with E-state index in [1.54, 1.807) is 18.6 Å². The summed E-state index contributed by atoms with van der Waals surface area (Å²) in [6.07, 6.45) is 12.5. The number of hydrogen-bond donors (Lipinski definition) is 2. The van der Waals surface area contributed by atoms with Crippen LogP contribution in [0.1, 0.15) is 25.3 Å². The van der Waals surface area contributed by atoms with Crippen LogP contribution in [-0.4, -0.2) is 33.8 Å². The van der Waals surface area contributed by atoms with Gasteiger partial charge in [0, 0.05) is 36.6 Å². The van der Waals surface area contributed by atoms with Crippen molar-refractivity contribution in [3.05, 3.63) is 96.4 Å². The van der Waals surface area contributed by atoms with Crippen LogP contribution in [0.15, 0.2) is 90.9 Å². The van der Waals surface area contributed by atoms with Crippen LogP contribution >= 0.6 is 0 Å².